The van der Waals surface area contributed by atoms with Crippen LogP contribution >= 0.6 is 0 Å². The first-order valence-corrected chi connectivity index (χ1v) is 11.3. The van der Waals surface area contributed by atoms with Gasteiger partial charge in [-0.2, -0.15) is 0 Å². The lowest BCUT2D eigenvalue weighted by Gasteiger charge is -2.47. The first-order valence-electron chi connectivity index (χ1n) is 11.3. The second-order valence-corrected chi connectivity index (χ2v) is 9.42. The summed E-state index contributed by atoms with van der Waals surface area (Å²) in [5, 5.41) is 15.2. The van der Waals surface area contributed by atoms with Gasteiger partial charge in [0.15, 0.2) is 0 Å². The van der Waals surface area contributed by atoms with E-state index in [1.54, 1.807) is 6.07 Å². The van der Waals surface area contributed by atoms with Gasteiger partial charge in [-0.25, -0.2) is 0 Å². The van der Waals surface area contributed by atoms with Gasteiger partial charge in [-0.05, 0) is 71.1 Å². The van der Waals surface area contributed by atoms with E-state index < -0.39 is 0 Å². The summed E-state index contributed by atoms with van der Waals surface area (Å²) in [5.41, 5.74) is 4.92. The van der Waals surface area contributed by atoms with Crippen LogP contribution in [0.4, 0.5) is 0 Å². The molecule has 0 radical (unpaired) electrons. The second kappa shape index (κ2) is 8.78. The third-order valence-electron chi connectivity index (χ3n) is 6.67. The maximum Gasteiger partial charge on any atom is 0.127 e. The molecule has 4 nitrogen and oxygen atoms in total. The molecule has 0 aromatic heterocycles. The fraction of sp³-hybridized carbons (Fsp3) is 0.444. The molecule has 2 atom stereocenters. The van der Waals surface area contributed by atoms with E-state index in [2.05, 4.69) is 56.3 Å². The predicted octanol–water partition coefficient (Wildman–Crippen LogP) is 6.38. The van der Waals surface area contributed by atoms with Crippen LogP contribution in [0, 0.1) is 5.92 Å². The van der Waals surface area contributed by atoms with Gasteiger partial charge in [0, 0.05) is 23.0 Å². The minimum absolute atomic E-state index is 0.279. The number of hydrogen-bond donors (Lipinski definition) is 1. The summed E-state index contributed by atoms with van der Waals surface area (Å²) in [7, 11) is 0. The SMILES string of the molecule is CC1=CC[C@H]2[C@H](C1)c1c(O)cc(/C(C)=N\OCCCc3ccccc3)cc1OC2(C)C. The zero-order chi connectivity index (χ0) is 22.0. The van der Waals surface area contributed by atoms with Gasteiger partial charge in [-0.1, -0.05) is 47.1 Å². The molecule has 0 unspecified atom stereocenters. The Labute approximate surface area is 185 Å². The predicted molar refractivity (Wildman–Crippen MR) is 125 cm³/mol. The topological polar surface area (TPSA) is 51.1 Å². The number of nitrogens with zero attached hydrogens (tertiary/aromatic N) is 1. The summed E-state index contributed by atoms with van der Waals surface area (Å²) >= 11 is 0. The molecule has 0 amide bonds. The maximum atomic E-state index is 10.9. The largest absolute Gasteiger partial charge is 0.507 e. The van der Waals surface area contributed by atoms with Gasteiger partial charge in [0.05, 0.1) is 5.71 Å². The Bertz CT molecular complexity index is 991. The minimum atomic E-state index is -0.279. The van der Waals surface area contributed by atoms with Crippen molar-refractivity contribution < 1.29 is 14.7 Å². The highest BCUT2D eigenvalue weighted by molar-refractivity contribution is 5.99. The highest BCUT2D eigenvalue weighted by Gasteiger charge is 2.45. The highest BCUT2D eigenvalue weighted by Crippen LogP contribution is 2.54. The Morgan fingerprint density at radius 1 is 1.23 bits per heavy atom. The van der Waals surface area contributed by atoms with E-state index >= 15 is 0 Å². The number of oxime groups is 1. The monoisotopic (exact) mass is 419 g/mol. The number of hydrogen-bond acceptors (Lipinski definition) is 4. The first-order chi connectivity index (χ1) is 14.8. The average Bonchev–Trinajstić information content (AvgIpc) is 2.73. The van der Waals surface area contributed by atoms with Crippen molar-refractivity contribution >= 4 is 5.71 Å². The normalized spacial score (nSPS) is 22.1. The van der Waals surface area contributed by atoms with Crippen LogP contribution in [0.5, 0.6) is 11.5 Å². The fourth-order valence-corrected chi connectivity index (χ4v) is 4.95. The van der Waals surface area contributed by atoms with E-state index in [9.17, 15) is 5.11 Å². The number of phenols is 1. The quantitative estimate of drug-likeness (QED) is 0.256. The summed E-state index contributed by atoms with van der Waals surface area (Å²) < 4.78 is 6.40. The van der Waals surface area contributed by atoms with Crippen LogP contribution in [0.3, 0.4) is 0 Å². The van der Waals surface area contributed by atoms with Crippen molar-refractivity contribution in [1.29, 1.82) is 0 Å². The molecule has 0 saturated carbocycles. The van der Waals surface area contributed by atoms with Gasteiger partial charge in [-0.3, -0.25) is 0 Å². The lowest BCUT2D eigenvalue weighted by atomic mass is 9.67. The number of fused-ring (bicyclic) bond motifs is 3. The Balaban J connectivity index is 1.47. The number of benzene rings is 2. The standard InChI is InChI=1S/C27H33NO3/c1-18-12-13-23-22(15-18)26-24(29)16-21(17-25(26)31-27(23,3)4)19(2)28-30-14-8-11-20-9-6-5-7-10-20/h5-7,9-10,12,16-17,22-23,29H,8,11,13-15H2,1-4H3/b28-19-/t22-,23-/m0/s1. The van der Waals surface area contributed by atoms with E-state index in [4.69, 9.17) is 9.57 Å². The molecule has 0 bridgehead atoms. The van der Waals surface area contributed by atoms with E-state index in [0.717, 1.165) is 48.3 Å². The van der Waals surface area contributed by atoms with E-state index in [-0.39, 0.29) is 11.5 Å². The van der Waals surface area contributed by atoms with Crippen molar-refractivity contribution in [3.8, 4) is 11.5 Å². The van der Waals surface area contributed by atoms with Crippen LogP contribution in [-0.4, -0.2) is 23.0 Å². The van der Waals surface area contributed by atoms with Crippen LogP contribution in [0.25, 0.3) is 0 Å². The number of ether oxygens (including phenoxy) is 1. The molecule has 1 aliphatic carbocycles. The number of aromatic hydroxyl groups is 1. The molecule has 31 heavy (non-hydrogen) atoms. The van der Waals surface area contributed by atoms with E-state index in [0.29, 0.717) is 18.3 Å². The highest BCUT2D eigenvalue weighted by atomic mass is 16.6. The van der Waals surface area contributed by atoms with E-state index in [1.807, 2.05) is 19.1 Å². The van der Waals surface area contributed by atoms with Crippen molar-refractivity contribution in [2.24, 2.45) is 11.1 Å². The molecular weight excluding hydrogens is 386 g/mol. The van der Waals surface area contributed by atoms with Crippen LogP contribution in [-0.2, 0) is 11.3 Å². The van der Waals surface area contributed by atoms with Crippen LogP contribution < -0.4 is 4.74 Å². The lowest BCUT2D eigenvalue weighted by Crippen LogP contribution is -2.45. The van der Waals surface area contributed by atoms with Gasteiger partial charge < -0.3 is 14.7 Å². The molecule has 0 fully saturated rings. The van der Waals surface area contributed by atoms with Gasteiger partial charge in [0.2, 0.25) is 0 Å². The van der Waals surface area contributed by atoms with Crippen molar-refractivity contribution in [1.82, 2.24) is 0 Å². The Morgan fingerprint density at radius 3 is 2.77 bits per heavy atom. The Kier molecular flexibility index (Phi) is 6.08. The van der Waals surface area contributed by atoms with Gasteiger partial charge in [0.25, 0.3) is 0 Å². The fourth-order valence-electron chi connectivity index (χ4n) is 4.95. The van der Waals surface area contributed by atoms with Crippen molar-refractivity contribution in [3.05, 3.63) is 70.8 Å². The smallest absolute Gasteiger partial charge is 0.127 e. The number of phenolic OH excluding ortho intramolecular Hbond substituents is 1. The maximum absolute atomic E-state index is 10.9. The third-order valence-corrected chi connectivity index (χ3v) is 6.67. The van der Waals surface area contributed by atoms with E-state index in [1.165, 1.54) is 11.1 Å². The molecule has 4 rings (SSSR count). The summed E-state index contributed by atoms with van der Waals surface area (Å²) in [6.45, 7) is 8.95. The zero-order valence-corrected chi connectivity index (χ0v) is 19.0. The first kappa shape index (κ1) is 21.5. The van der Waals surface area contributed by atoms with Gasteiger partial charge in [-0.15, -0.1) is 0 Å². The lowest BCUT2D eigenvalue weighted by molar-refractivity contribution is 0.00760. The summed E-state index contributed by atoms with van der Waals surface area (Å²) in [5.74, 6) is 1.72. The molecule has 0 spiro atoms. The molecule has 0 saturated heterocycles. The molecule has 2 aromatic rings. The van der Waals surface area contributed by atoms with Crippen LogP contribution in [0.15, 0.2) is 59.3 Å². The van der Waals surface area contributed by atoms with Crippen molar-refractivity contribution in [3.63, 3.8) is 0 Å². The Morgan fingerprint density at radius 2 is 2.00 bits per heavy atom. The third kappa shape index (κ3) is 4.63. The number of rotatable bonds is 6. The second-order valence-electron chi connectivity index (χ2n) is 9.42. The van der Waals surface area contributed by atoms with Crippen LogP contribution in [0.1, 0.15) is 69.6 Å². The number of aryl methyl sites for hydroxylation is 1. The molecular formula is C27H33NO3. The molecule has 1 N–H and O–H groups in total. The number of allylic oxidation sites excluding steroid dienone is 2. The molecule has 1 heterocycles. The molecule has 2 aromatic carbocycles. The molecule has 4 heteroatoms. The average molecular weight is 420 g/mol. The summed E-state index contributed by atoms with van der Waals surface area (Å²) in [6, 6.07) is 14.2. The molecule has 2 aliphatic rings. The summed E-state index contributed by atoms with van der Waals surface area (Å²) in [4.78, 5) is 5.55. The van der Waals surface area contributed by atoms with Gasteiger partial charge >= 0.3 is 0 Å². The van der Waals surface area contributed by atoms with Crippen molar-refractivity contribution in [2.75, 3.05) is 6.61 Å². The molecule has 1 aliphatic heterocycles. The Hall–Kier alpha value is -2.75. The minimum Gasteiger partial charge on any atom is -0.507 e. The van der Waals surface area contributed by atoms with Crippen LogP contribution in [0.2, 0.25) is 0 Å². The van der Waals surface area contributed by atoms with Crippen molar-refractivity contribution in [2.45, 2.75) is 64.9 Å². The zero-order valence-electron chi connectivity index (χ0n) is 19.0. The summed E-state index contributed by atoms with van der Waals surface area (Å²) in [6.07, 6.45) is 6.14. The molecule has 164 valence electrons. The van der Waals surface area contributed by atoms with Gasteiger partial charge in [0.1, 0.15) is 23.7 Å².